The van der Waals surface area contributed by atoms with Gasteiger partial charge in [0.25, 0.3) is 0 Å². The highest BCUT2D eigenvalue weighted by atomic mass is 79.9. The third-order valence-electron chi connectivity index (χ3n) is 2.06. The molecule has 0 amide bonds. The topological polar surface area (TPSA) is 46.5 Å². The van der Waals surface area contributed by atoms with Crippen molar-refractivity contribution in [2.75, 3.05) is 7.11 Å². The Morgan fingerprint density at radius 2 is 2.20 bits per heavy atom. The second-order valence-corrected chi connectivity index (χ2v) is 4.02. The molecule has 1 N–H and O–H groups in total. The largest absolute Gasteiger partial charge is 0.507 e. The molecule has 0 aliphatic carbocycles. The molecule has 0 aromatic heterocycles. The van der Waals surface area contributed by atoms with E-state index in [0.29, 0.717) is 4.47 Å². The molecule has 0 heterocycles. The quantitative estimate of drug-likeness (QED) is 0.845. The van der Waals surface area contributed by atoms with E-state index in [1.54, 1.807) is 0 Å². The summed E-state index contributed by atoms with van der Waals surface area (Å²) in [6.07, 6.45) is 0. The van der Waals surface area contributed by atoms with Crippen LogP contribution in [-0.2, 0) is 15.2 Å². The number of rotatable bonds is 2. The van der Waals surface area contributed by atoms with Crippen molar-refractivity contribution in [2.24, 2.45) is 0 Å². The van der Waals surface area contributed by atoms with E-state index >= 15 is 0 Å². The maximum Gasteiger partial charge on any atom is 0.348 e. The van der Waals surface area contributed by atoms with Gasteiger partial charge in [-0.05, 0) is 35.0 Å². The first-order chi connectivity index (χ1) is 6.89. The van der Waals surface area contributed by atoms with Gasteiger partial charge in [-0.3, -0.25) is 0 Å². The average Bonchev–Trinajstić information content (AvgIpc) is 2.20. The zero-order valence-corrected chi connectivity index (χ0v) is 9.84. The zero-order chi connectivity index (χ0) is 11.6. The van der Waals surface area contributed by atoms with E-state index in [-0.39, 0.29) is 11.3 Å². The van der Waals surface area contributed by atoms with Gasteiger partial charge in [-0.1, -0.05) is 6.07 Å². The first kappa shape index (κ1) is 12.0. The van der Waals surface area contributed by atoms with Gasteiger partial charge in [0.1, 0.15) is 5.75 Å². The molecular formula is C10H10BrFO3. The molecular weight excluding hydrogens is 267 g/mol. The molecule has 1 atom stereocenters. The van der Waals surface area contributed by atoms with Crippen LogP contribution >= 0.6 is 15.9 Å². The van der Waals surface area contributed by atoms with Gasteiger partial charge in [-0.15, -0.1) is 0 Å². The van der Waals surface area contributed by atoms with Crippen LogP contribution in [0.15, 0.2) is 22.7 Å². The molecule has 0 saturated heterocycles. The van der Waals surface area contributed by atoms with Crippen LogP contribution in [0, 0.1) is 0 Å². The van der Waals surface area contributed by atoms with Gasteiger partial charge in [0.15, 0.2) is 0 Å². The van der Waals surface area contributed by atoms with Gasteiger partial charge in [0.2, 0.25) is 5.67 Å². The lowest BCUT2D eigenvalue weighted by molar-refractivity contribution is -0.154. The maximum atomic E-state index is 14.0. The fourth-order valence-electron chi connectivity index (χ4n) is 1.11. The molecule has 0 fully saturated rings. The number of phenols is 1. The smallest absolute Gasteiger partial charge is 0.348 e. The highest BCUT2D eigenvalue weighted by Crippen LogP contribution is 2.32. The van der Waals surface area contributed by atoms with Crippen molar-refractivity contribution in [2.45, 2.75) is 12.6 Å². The minimum absolute atomic E-state index is 0.0144. The molecule has 1 aromatic rings. The van der Waals surface area contributed by atoms with Crippen molar-refractivity contribution < 1.29 is 19.0 Å². The normalized spacial score (nSPS) is 14.4. The first-order valence-corrected chi connectivity index (χ1v) is 4.95. The molecule has 0 bridgehead atoms. The van der Waals surface area contributed by atoms with E-state index in [1.165, 1.54) is 18.2 Å². The van der Waals surface area contributed by atoms with Gasteiger partial charge < -0.3 is 9.84 Å². The van der Waals surface area contributed by atoms with Crippen molar-refractivity contribution in [1.29, 1.82) is 0 Å². The third kappa shape index (κ3) is 2.28. The first-order valence-electron chi connectivity index (χ1n) is 4.16. The number of aromatic hydroxyl groups is 1. The van der Waals surface area contributed by atoms with Crippen LogP contribution in [0.4, 0.5) is 4.39 Å². The predicted molar refractivity (Wildman–Crippen MR) is 56.3 cm³/mol. The molecule has 3 nitrogen and oxygen atoms in total. The maximum absolute atomic E-state index is 14.0. The van der Waals surface area contributed by atoms with Crippen molar-refractivity contribution in [3.63, 3.8) is 0 Å². The Kier molecular flexibility index (Phi) is 3.34. The lowest BCUT2D eigenvalue weighted by Gasteiger charge is -2.18. The molecule has 0 aliphatic heterocycles. The van der Waals surface area contributed by atoms with Gasteiger partial charge in [0, 0.05) is 5.56 Å². The number of ether oxygens (including phenoxy) is 1. The zero-order valence-electron chi connectivity index (χ0n) is 8.25. The number of hydrogen-bond acceptors (Lipinski definition) is 3. The van der Waals surface area contributed by atoms with Crippen LogP contribution in [0.1, 0.15) is 12.5 Å². The lowest BCUT2D eigenvalue weighted by Crippen LogP contribution is -2.28. The number of carbonyl (C=O) groups excluding carboxylic acids is 1. The Balaban J connectivity index is 3.16. The standard InChI is InChI=1S/C10H10BrFO3/c1-10(12,9(14)15-2)6-3-4-8(13)7(11)5-6/h3-5,13H,1-2H3. The molecule has 1 rings (SSSR count). The average molecular weight is 277 g/mol. The van der Waals surface area contributed by atoms with Gasteiger partial charge in [-0.25, -0.2) is 9.18 Å². The number of methoxy groups -OCH3 is 1. The van der Waals surface area contributed by atoms with Gasteiger partial charge in [0.05, 0.1) is 11.6 Å². The van der Waals surface area contributed by atoms with E-state index in [4.69, 9.17) is 0 Å². The molecule has 0 spiro atoms. The predicted octanol–water partition coefficient (Wildman–Crippen LogP) is 2.51. The van der Waals surface area contributed by atoms with Crippen molar-refractivity contribution >= 4 is 21.9 Å². The third-order valence-corrected chi connectivity index (χ3v) is 2.69. The number of esters is 1. The number of hydrogen-bond donors (Lipinski definition) is 1. The molecule has 82 valence electrons. The Bertz CT molecular complexity index is 390. The summed E-state index contributed by atoms with van der Waals surface area (Å²) >= 11 is 3.04. The molecule has 0 saturated carbocycles. The van der Waals surface area contributed by atoms with Crippen molar-refractivity contribution in [1.82, 2.24) is 0 Å². The monoisotopic (exact) mass is 276 g/mol. The summed E-state index contributed by atoms with van der Waals surface area (Å²) in [5.41, 5.74) is -2.09. The van der Waals surface area contributed by atoms with Crippen LogP contribution in [0.2, 0.25) is 0 Å². The Morgan fingerprint density at radius 3 is 2.67 bits per heavy atom. The number of phenolic OH excluding ortho intramolecular Hbond substituents is 1. The Morgan fingerprint density at radius 1 is 1.60 bits per heavy atom. The van der Waals surface area contributed by atoms with E-state index in [1.807, 2.05) is 0 Å². The fourth-order valence-corrected chi connectivity index (χ4v) is 1.49. The summed E-state index contributed by atoms with van der Waals surface area (Å²) in [6, 6.07) is 3.98. The summed E-state index contributed by atoms with van der Waals surface area (Å²) in [4.78, 5) is 11.2. The highest BCUT2D eigenvalue weighted by molar-refractivity contribution is 9.10. The van der Waals surface area contributed by atoms with E-state index in [0.717, 1.165) is 14.0 Å². The summed E-state index contributed by atoms with van der Waals surface area (Å²) in [5, 5.41) is 9.22. The minimum Gasteiger partial charge on any atom is -0.507 e. The molecule has 1 unspecified atom stereocenters. The molecule has 0 aliphatic rings. The molecule has 0 radical (unpaired) electrons. The van der Waals surface area contributed by atoms with Crippen molar-refractivity contribution in [3.8, 4) is 5.75 Å². The SMILES string of the molecule is COC(=O)C(C)(F)c1ccc(O)c(Br)c1. The van der Waals surface area contributed by atoms with Crippen LogP contribution in [-0.4, -0.2) is 18.2 Å². The van der Waals surface area contributed by atoms with Crippen LogP contribution in [0.3, 0.4) is 0 Å². The Hall–Kier alpha value is -1.10. The minimum atomic E-state index is -2.22. The van der Waals surface area contributed by atoms with E-state index in [2.05, 4.69) is 20.7 Å². The summed E-state index contributed by atoms with van der Waals surface area (Å²) in [6.45, 7) is 1.11. The number of benzene rings is 1. The molecule has 15 heavy (non-hydrogen) atoms. The van der Waals surface area contributed by atoms with E-state index < -0.39 is 11.6 Å². The van der Waals surface area contributed by atoms with E-state index in [9.17, 15) is 14.3 Å². The molecule has 1 aromatic carbocycles. The number of carbonyl (C=O) groups is 1. The second kappa shape index (κ2) is 4.18. The van der Waals surface area contributed by atoms with Crippen LogP contribution in [0.25, 0.3) is 0 Å². The van der Waals surface area contributed by atoms with Crippen LogP contribution < -0.4 is 0 Å². The van der Waals surface area contributed by atoms with Gasteiger partial charge >= 0.3 is 5.97 Å². The van der Waals surface area contributed by atoms with Crippen LogP contribution in [0.5, 0.6) is 5.75 Å². The number of halogens is 2. The summed E-state index contributed by atoms with van der Waals surface area (Å²) in [7, 11) is 1.12. The fraction of sp³-hybridized carbons (Fsp3) is 0.300. The number of alkyl halides is 1. The van der Waals surface area contributed by atoms with Crippen molar-refractivity contribution in [3.05, 3.63) is 28.2 Å². The summed E-state index contributed by atoms with van der Waals surface area (Å²) in [5.74, 6) is -0.987. The second-order valence-electron chi connectivity index (χ2n) is 3.16. The Labute approximate surface area is 95.0 Å². The highest BCUT2D eigenvalue weighted by Gasteiger charge is 2.36. The summed E-state index contributed by atoms with van der Waals surface area (Å²) < 4.78 is 18.6. The van der Waals surface area contributed by atoms with Gasteiger partial charge in [-0.2, -0.15) is 0 Å². The molecule has 5 heteroatoms. The lowest BCUT2D eigenvalue weighted by atomic mass is 9.98.